The molecule has 0 bridgehead atoms. The van der Waals surface area contributed by atoms with E-state index in [2.05, 4.69) is 21.2 Å². The zero-order chi connectivity index (χ0) is 29.4. The quantitative estimate of drug-likeness (QED) is 0.294. The van der Waals surface area contributed by atoms with Gasteiger partial charge >= 0.3 is 0 Å². The SMILES string of the molecule is CCC(C(=O)NC(C)C)N(Cc1cccc(OC)c1)C(=O)CN(c1ccc(Br)cc1)S(=O)(=O)c1ccc(C)cc1. The fourth-order valence-electron chi connectivity index (χ4n) is 4.24. The Morgan fingerprint density at radius 2 is 1.65 bits per heavy atom. The lowest BCUT2D eigenvalue weighted by atomic mass is 10.1. The number of nitrogens with zero attached hydrogens (tertiary/aromatic N) is 2. The Kier molecular flexibility index (Phi) is 10.8. The molecule has 3 aromatic rings. The van der Waals surface area contributed by atoms with Crippen molar-refractivity contribution in [2.24, 2.45) is 0 Å². The molecule has 0 aliphatic heterocycles. The lowest BCUT2D eigenvalue weighted by Crippen LogP contribution is -2.53. The highest BCUT2D eigenvalue weighted by molar-refractivity contribution is 9.10. The summed E-state index contributed by atoms with van der Waals surface area (Å²) in [6.07, 6.45) is 0.345. The van der Waals surface area contributed by atoms with Crippen LogP contribution in [-0.4, -0.2) is 50.9 Å². The summed E-state index contributed by atoms with van der Waals surface area (Å²) in [6, 6.07) is 19.5. The number of benzene rings is 3. The van der Waals surface area contributed by atoms with Crippen molar-refractivity contribution in [1.29, 1.82) is 0 Å². The van der Waals surface area contributed by atoms with Gasteiger partial charge in [-0.3, -0.25) is 13.9 Å². The molecule has 0 fully saturated rings. The fraction of sp³-hybridized carbons (Fsp3) is 0.333. The molecular formula is C30H36BrN3O5S. The molecule has 0 aromatic heterocycles. The Hall–Kier alpha value is -3.37. The van der Waals surface area contributed by atoms with E-state index in [0.29, 0.717) is 17.9 Å². The average Bonchev–Trinajstić information content (AvgIpc) is 2.92. The number of rotatable bonds is 12. The predicted octanol–water partition coefficient (Wildman–Crippen LogP) is 5.29. The number of hydrogen-bond acceptors (Lipinski definition) is 5. The van der Waals surface area contributed by atoms with E-state index in [1.54, 1.807) is 55.6 Å². The zero-order valence-electron chi connectivity index (χ0n) is 23.4. The largest absolute Gasteiger partial charge is 0.497 e. The van der Waals surface area contributed by atoms with Gasteiger partial charge in [0.15, 0.2) is 0 Å². The Morgan fingerprint density at radius 3 is 2.23 bits per heavy atom. The first-order chi connectivity index (χ1) is 19.0. The molecule has 214 valence electrons. The first-order valence-electron chi connectivity index (χ1n) is 13.0. The molecule has 0 radical (unpaired) electrons. The van der Waals surface area contributed by atoms with Crippen LogP contribution in [0.5, 0.6) is 5.75 Å². The minimum Gasteiger partial charge on any atom is -0.497 e. The van der Waals surface area contributed by atoms with E-state index in [9.17, 15) is 18.0 Å². The highest BCUT2D eigenvalue weighted by Crippen LogP contribution is 2.27. The van der Waals surface area contributed by atoms with Crippen LogP contribution in [0.25, 0.3) is 0 Å². The van der Waals surface area contributed by atoms with Crippen LogP contribution in [-0.2, 0) is 26.2 Å². The van der Waals surface area contributed by atoms with Crippen LogP contribution in [0.2, 0.25) is 0 Å². The van der Waals surface area contributed by atoms with Crippen molar-refractivity contribution in [3.8, 4) is 5.75 Å². The van der Waals surface area contributed by atoms with Crippen molar-refractivity contribution in [2.75, 3.05) is 18.0 Å². The number of halogens is 1. The number of aryl methyl sites for hydroxylation is 1. The molecule has 10 heteroatoms. The number of anilines is 1. The molecule has 1 atom stereocenters. The third-order valence-electron chi connectivity index (χ3n) is 6.31. The summed E-state index contributed by atoms with van der Waals surface area (Å²) < 4.78 is 35.0. The van der Waals surface area contributed by atoms with Crippen LogP contribution in [0.1, 0.15) is 38.3 Å². The summed E-state index contributed by atoms with van der Waals surface area (Å²) in [5, 5.41) is 2.90. The maximum atomic E-state index is 14.1. The monoisotopic (exact) mass is 629 g/mol. The lowest BCUT2D eigenvalue weighted by molar-refractivity contribution is -0.140. The van der Waals surface area contributed by atoms with Gasteiger partial charge in [0.2, 0.25) is 11.8 Å². The van der Waals surface area contributed by atoms with E-state index < -0.39 is 28.5 Å². The predicted molar refractivity (Wildman–Crippen MR) is 161 cm³/mol. The van der Waals surface area contributed by atoms with E-state index in [1.807, 2.05) is 39.8 Å². The molecular weight excluding hydrogens is 594 g/mol. The van der Waals surface area contributed by atoms with Gasteiger partial charge < -0.3 is 15.0 Å². The number of sulfonamides is 1. The lowest BCUT2D eigenvalue weighted by Gasteiger charge is -2.33. The van der Waals surface area contributed by atoms with Crippen LogP contribution in [0.4, 0.5) is 5.69 Å². The van der Waals surface area contributed by atoms with Gasteiger partial charge in [0.25, 0.3) is 10.0 Å². The van der Waals surface area contributed by atoms with Gasteiger partial charge in [-0.15, -0.1) is 0 Å². The normalized spacial score (nSPS) is 12.1. The molecule has 0 saturated carbocycles. The van der Waals surface area contributed by atoms with Crippen molar-refractivity contribution in [3.05, 3.63) is 88.4 Å². The maximum Gasteiger partial charge on any atom is 0.264 e. The summed E-state index contributed by atoms with van der Waals surface area (Å²) in [7, 11) is -2.56. The molecule has 2 amide bonds. The van der Waals surface area contributed by atoms with Gasteiger partial charge in [0.05, 0.1) is 17.7 Å². The number of nitrogens with one attached hydrogen (secondary N) is 1. The van der Waals surface area contributed by atoms with E-state index in [4.69, 9.17) is 4.74 Å². The van der Waals surface area contributed by atoms with Crippen LogP contribution in [0.3, 0.4) is 0 Å². The van der Waals surface area contributed by atoms with E-state index >= 15 is 0 Å². The van der Waals surface area contributed by atoms with Crippen LogP contribution < -0.4 is 14.4 Å². The molecule has 3 rings (SSSR count). The highest BCUT2D eigenvalue weighted by Gasteiger charge is 2.33. The minimum atomic E-state index is -4.12. The number of amides is 2. The van der Waals surface area contributed by atoms with Crippen molar-refractivity contribution in [1.82, 2.24) is 10.2 Å². The number of hydrogen-bond donors (Lipinski definition) is 1. The summed E-state index contributed by atoms with van der Waals surface area (Å²) in [5.41, 5.74) is 2.00. The first-order valence-corrected chi connectivity index (χ1v) is 15.3. The van der Waals surface area contributed by atoms with Gasteiger partial charge in [0, 0.05) is 17.1 Å². The molecule has 1 unspecified atom stereocenters. The van der Waals surface area contributed by atoms with E-state index in [-0.39, 0.29) is 23.4 Å². The summed E-state index contributed by atoms with van der Waals surface area (Å²) in [4.78, 5) is 28.8. The summed E-state index contributed by atoms with van der Waals surface area (Å²) in [6.45, 7) is 7.00. The molecule has 3 aromatic carbocycles. The molecule has 0 aliphatic carbocycles. The van der Waals surface area contributed by atoms with Gasteiger partial charge in [-0.05, 0) is 81.3 Å². The number of carbonyl (C=O) groups excluding carboxylic acids is 2. The van der Waals surface area contributed by atoms with Crippen molar-refractivity contribution in [3.63, 3.8) is 0 Å². The molecule has 8 nitrogen and oxygen atoms in total. The molecule has 0 saturated heterocycles. The van der Waals surface area contributed by atoms with E-state index in [1.165, 1.54) is 17.0 Å². The molecule has 0 aliphatic rings. The van der Waals surface area contributed by atoms with Gasteiger partial charge in [-0.25, -0.2) is 8.42 Å². The second-order valence-corrected chi connectivity index (χ2v) is 12.5. The topological polar surface area (TPSA) is 96.0 Å². The van der Waals surface area contributed by atoms with Crippen molar-refractivity contribution < 1.29 is 22.7 Å². The maximum absolute atomic E-state index is 14.1. The molecule has 0 heterocycles. The summed E-state index contributed by atoms with van der Waals surface area (Å²) in [5.74, 6) is -0.194. The number of carbonyl (C=O) groups is 2. The van der Waals surface area contributed by atoms with Crippen LogP contribution in [0, 0.1) is 6.92 Å². The second kappa shape index (κ2) is 13.8. The average molecular weight is 631 g/mol. The Labute approximate surface area is 245 Å². The third-order valence-corrected chi connectivity index (χ3v) is 8.62. The fourth-order valence-corrected chi connectivity index (χ4v) is 5.92. The second-order valence-electron chi connectivity index (χ2n) is 9.76. The van der Waals surface area contributed by atoms with Gasteiger partial charge in [0.1, 0.15) is 18.3 Å². The van der Waals surface area contributed by atoms with Crippen molar-refractivity contribution in [2.45, 2.75) is 57.6 Å². The summed E-state index contributed by atoms with van der Waals surface area (Å²) >= 11 is 3.39. The molecule has 40 heavy (non-hydrogen) atoms. The van der Waals surface area contributed by atoms with Crippen LogP contribution >= 0.6 is 15.9 Å². The number of methoxy groups -OCH3 is 1. The molecule has 0 spiro atoms. The zero-order valence-corrected chi connectivity index (χ0v) is 25.8. The highest BCUT2D eigenvalue weighted by atomic mass is 79.9. The van der Waals surface area contributed by atoms with E-state index in [0.717, 1.165) is 19.9 Å². The van der Waals surface area contributed by atoms with Gasteiger partial charge in [-0.1, -0.05) is 52.7 Å². The van der Waals surface area contributed by atoms with Crippen molar-refractivity contribution >= 4 is 43.5 Å². The minimum absolute atomic E-state index is 0.0674. The number of ether oxygens (including phenoxy) is 1. The first kappa shape index (κ1) is 31.2. The molecule has 1 N–H and O–H groups in total. The Morgan fingerprint density at radius 1 is 1.00 bits per heavy atom. The smallest absolute Gasteiger partial charge is 0.264 e. The van der Waals surface area contributed by atoms with Gasteiger partial charge in [-0.2, -0.15) is 0 Å². The Balaban J connectivity index is 2.06. The van der Waals surface area contributed by atoms with Crippen LogP contribution in [0.15, 0.2) is 82.2 Å². The third kappa shape index (κ3) is 7.85. The Bertz CT molecular complexity index is 1410. The standard InChI is InChI=1S/C30H36BrN3O5S/c1-6-28(30(36)32-21(2)3)33(19-23-8-7-9-26(18-23)39-5)29(35)20-34(25-14-12-24(31)13-15-25)40(37,38)27-16-10-22(4)11-17-27/h7-18,21,28H,6,19-20H2,1-5H3,(H,32,36).